The van der Waals surface area contributed by atoms with Crippen molar-refractivity contribution in [2.45, 2.75) is 0 Å². The molecule has 0 unspecified atom stereocenters. The Kier molecular flexibility index (Phi) is 4.67. The molecule has 204 valence electrons. The Labute approximate surface area is 257 Å². The van der Waals surface area contributed by atoms with Gasteiger partial charge in [-0.25, -0.2) is 9.97 Å². The average molecular weight is 579 g/mol. The quantitative estimate of drug-likeness (QED) is 0.204. The molecular weight excluding hydrogens is 555 g/mol. The van der Waals surface area contributed by atoms with E-state index in [0.717, 1.165) is 38.6 Å². The number of para-hydroxylation sites is 1. The number of aromatic nitrogens is 3. The molecule has 0 saturated carbocycles. The molecule has 0 atom stereocenters. The molecule has 0 spiro atoms. The zero-order chi connectivity index (χ0) is 29.6. The topological polar surface area (TPSA) is 30.7 Å². The van der Waals surface area contributed by atoms with E-state index >= 15 is 0 Å². The first-order chi connectivity index (χ1) is 22.2. The Bertz CT molecular complexity index is 2830. The van der Waals surface area contributed by atoms with E-state index < -0.39 is 0 Å². The molecule has 0 radical (unpaired) electrons. The molecule has 3 nitrogen and oxygen atoms in total. The van der Waals surface area contributed by atoms with Crippen molar-refractivity contribution in [3.8, 4) is 17.2 Å². The average Bonchev–Trinajstić information content (AvgIpc) is 3.65. The van der Waals surface area contributed by atoms with Gasteiger partial charge in [-0.05, 0) is 39.7 Å². The minimum Gasteiger partial charge on any atom is -0.276 e. The smallest absolute Gasteiger partial charge is 0.235 e. The SMILES string of the molecule is [2H]c1ccc2sc3c(c2c1)c1ccccc1c1c2c4ccccc4ccc2n(-c2nc(-c4ccccc4)c4ccccc4n2)c31. The molecule has 44 heavy (non-hydrogen) atoms. The van der Waals surface area contributed by atoms with Crippen LogP contribution in [0.4, 0.5) is 0 Å². The molecule has 0 N–H and O–H groups in total. The van der Waals surface area contributed by atoms with Crippen molar-refractivity contribution in [2.24, 2.45) is 0 Å². The maximum absolute atomic E-state index is 8.48. The highest BCUT2D eigenvalue weighted by Gasteiger charge is 2.24. The van der Waals surface area contributed by atoms with Gasteiger partial charge >= 0.3 is 0 Å². The summed E-state index contributed by atoms with van der Waals surface area (Å²) < 4.78 is 13.1. The monoisotopic (exact) mass is 578 g/mol. The van der Waals surface area contributed by atoms with Crippen LogP contribution in [0.15, 0.2) is 140 Å². The minimum absolute atomic E-state index is 0.517. The number of nitrogens with zero attached hydrogens (tertiary/aromatic N) is 3. The van der Waals surface area contributed by atoms with Crippen molar-refractivity contribution in [3.63, 3.8) is 0 Å². The van der Waals surface area contributed by atoms with Gasteiger partial charge in [0.1, 0.15) is 0 Å². The third-order valence-electron chi connectivity index (χ3n) is 8.91. The van der Waals surface area contributed by atoms with Gasteiger partial charge in [-0.15, -0.1) is 11.3 Å². The summed E-state index contributed by atoms with van der Waals surface area (Å²) in [5.41, 5.74) is 5.07. The fourth-order valence-electron chi connectivity index (χ4n) is 7.06. The van der Waals surface area contributed by atoms with Crippen molar-refractivity contribution >= 4 is 85.8 Å². The van der Waals surface area contributed by atoms with Crippen molar-refractivity contribution < 1.29 is 1.37 Å². The van der Waals surface area contributed by atoms with Crippen LogP contribution in [0.25, 0.3) is 91.6 Å². The van der Waals surface area contributed by atoms with Crippen LogP contribution in [0.1, 0.15) is 1.37 Å². The lowest BCUT2D eigenvalue weighted by molar-refractivity contribution is 1.02. The van der Waals surface area contributed by atoms with E-state index in [2.05, 4.69) is 114 Å². The zero-order valence-corrected chi connectivity index (χ0v) is 24.3. The Morgan fingerprint density at radius 3 is 2.14 bits per heavy atom. The molecule has 10 aromatic rings. The zero-order valence-electron chi connectivity index (χ0n) is 24.5. The number of thiophene rings is 1. The van der Waals surface area contributed by atoms with E-state index in [1.807, 2.05) is 24.3 Å². The number of benzene rings is 7. The first-order valence-corrected chi connectivity index (χ1v) is 15.6. The summed E-state index contributed by atoms with van der Waals surface area (Å²) in [6.45, 7) is 0. The van der Waals surface area contributed by atoms with E-state index in [0.29, 0.717) is 12.0 Å². The Balaban J connectivity index is 1.50. The Morgan fingerprint density at radius 2 is 1.27 bits per heavy atom. The number of fused-ring (bicyclic) bond motifs is 13. The first kappa shape index (κ1) is 22.9. The summed E-state index contributed by atoms with van der Waals surface area (Å²) in [5, 5.41) is 10.6. The molecule has 3 heterocycles. The molecule has 0 saturated heterocycles. The van der Waals surface area contributed by atoms with Crippen LogP contribution in [0.3, 0.4) is 0 Å². The maximum Gasteiger partial charge on any atom is 0.235 e. The number of hydrogen-bond donors (Lipinski definition) is 0. The fraction of sp³-hybridized carbons (Fsp3) is 0. The molecule has 0 fully saturated rings. The Morgan fingerprint density at radius 1 is 0.545 bits per heavy atom. The van der Waals surface area contributed by atoms with Crippen molar-refractivity contribution in [1.82, 2.24) is 14.5 Å². The maximum atomic E-state index is 8.48. The normalized spacial score (nSPS) is 12.4. The summed E-state index contributed by atoms with van der Waals surface area (Å²) >= 11 is 1.79. The first-order valence-electron chi connectivity index (χ1n) is 15.3. The van der Waals surface area contributed by atoms with Gasteiger partial charge in [0, 0.05) is 37.2 Å². The van der Waals surface area contributed by atoms with Gasteiger partial charge in [0.05, 0.1) is 28.3 Å². The second kappa shape index (κ2) is 8.96. The van der Waals surface area contributed by atoms with Gasteiger partial charge in [-0.1, -0.05) is 121 Å². The molecule has 3 aromatic heterocycles. The van der Waals surface area contributed by atoms with Gasteiger partial charge in [0.25, 0.3) is 0 Å². The van der Waals surface area contributed by atoms with Crippen LogP contribution in [0, 0.1) is 0 Å². The third-order valence-corrected chi connectivity index (χ3v) is 10.1. The highest BCUT2D eigenvalue weighted by molar-refractivity contribution is 7.27. The summed E-state index contributed by atoms with van der Waals surface area (Å²) in [6, 6.07) is 47.0. The van der Waals surface area contributed by atoms with E-state index in [-0.39, 0.29) is 0 Å². The lowest BCUT2D eigenvalue weighted by Gasteiger charge is -2.12. The van der Waals surface area contributed by atoms with Crippen molar-refractivity contribution in [1.29, 1.82) is 0 Å². The van der Waals surface area contributed by atoms with Gasteiger partial charge in [0.15, 0.2) is 0 Å². The number of hydrogen-bond acceptors (Lipinski definition) is 3. The molecule has 0 aliphatic carbocycles. The summed E-state index contributed by atoms with van der Waals surface area (Å²) in [4.78, 5) is 10.6. The molecule has 0 amide bonds. The minimum atomic E-state index is 0.517. The third kappa shape index (κ3) is 3.20. The second-order valence-electron chi connectivity index (χ2n) is 11.3. The van der Waals surface area contributed by atoms with Crippen LogP contribution >= 0.6 is 11.3 Å². The van der Waals surface area contributed by atoms with E-state index in [9.17, 15) is 0 Å². The number of rotatable bonds is 2. The molecule has 10 rings (SSSR count). The highest BCUT2D eigenvalue weighted by Crippen LogP contribution is 2.49. The largest absolute Gasteiger partial charge is 0.276 e. The summed E-state index contributed by atoms with van der Waals surface area (Å²) in [5.74, 6) is 0.651. The van der Waals surface area contributed by atoms with Gasteiger partial charge in [-0.2, -0.15) is 0 Å². The van der Waals surface area contributed by atoms with Crippen LogP contribution in [-0.4, -0.2) is 14.5 Å². The molecule has 0 aliphatic heterocycles. The molecule has 0 aliphatic rings. The summed E-state index contributed by atoms with van der Waals surface area (Å²) in [7, 11) is 0. The molecular formula is C40H23N3S. The summed E-state index contributed by atoms with van der Waals surface area (Å²) in [6.07, 6.45) is 0. The second-order valence-corrected chi connectivity index (χ2v) is 12.3. The van der Waals surface area contributed by atoms with Gasteiger partial charge in [-0.3, -0.25) is 4.57 Å². The van der Waals surface area contributed by atoms with Crippen molar-refractivity contribution in [3.05, 3.63) is 140 Å². The lowest BCUT2D eigenvalue weighted by atomic mass is 9.97. The lowest BCUT2D eigenvalue weighted by Crippen LogP contribution is -2.03. The Hall–Kier alpha value is -5.58. The van der Waals surface area contributed by atoms with Crippen molar-refractivity contribution in [2.75, 3.05) is 0 Å². The van der Waals surface area contributed by atoms with Crippen LogP contribution < -0.4 is 0 Å². The van der Waals surface area contributed by atoms with E-state index in [1.165, 1.54) is 47.1 Å². The standard InChI is InChI=1S/C40H23N3S/c1-2-13-25(14-3-1)37-29-18-8-10-20-31(29)41-40(42-37)43-32-23-22-24-12-4-5-15-26(24)35(32)36-28-17-7-6-16-27(28)34-30-19-9-11-21-33(30)44-39(34)38(36)43/h1-23H/i9D. The van der Waals surface area contributed by atoms with Gasteiger partial charge in [0.2, 0.25) is 5.95 Å². The predicted molar refractivity (Wildman–Crippen MR) is 187 cm³/mol. The highest BCUT2D eigenvalue weighted by atomic mass is 32.1. The molecule has 4 heteroatoms. The van der Waals surface area contributed by atoms with Crippen LogP contribution in [0.5, 0.6) is 0 Å². The van der Waals surface area contributed by atoms with Gasteiger partial charge < -0.3 is 0 Å². The van der Waals surface area contributed by atoms with E-state index in [4.69, 9.17) is 11.3 Å². The van der Waals surface area contributed by atoms with Crippen LogP contribution in [-0.2, 0) is 0 Å². The molecule has 0 bridgehead atoms. The fourth-order valence-corrected chi connectivity index (χ4v) is 8.30. The predicted octanol–water partition coefficient (Wildman–Crippen LogP) is 11.1. The van der Waals surface area contributed by atoms with E-state index in [1.54, 1.807) is 11.3 Å². The molecule has 7 aromatic carbocycles. The van der Waals surface area contributed by atoms with Crippen LogP contribution in [0.2, 0.25) is 0 Å².